The van der Waals surface area contributed by atoms with Gasteiger partial charge in [-0.2, -0.15) is 0 Å². The fourth-order valence-electron chi connectivity index (χ4n) is 1.86. The van der Waals surface area contributed by atoms with E-state index in [1.165, 1.54) is 38.5 Å². The summed E-state index contributed by atoms with van der Waals surface area (Å²) < 4.78 is 20.1. The molecule has 0 aromatic heterocycles. The topological polar surface area (TPSA) is 88.1 Å². The zero-order valence-electron chi connectivity index (χ0n) is 13.0. The predicted molar refractivity (Wildman–Crippen MR) is 83.4 cm³/mol. The minimum atomic E-state index is -1.11. The van der Waals surface area contributed by atoms with Gasteiger partial charge in [-0.1, -0.05) is 0 Å². The lowest BCUT2D eigenvalue weighted by molar-refractivity contribution is 0.111. The highest BCUT2D eigenvalue weighted by Crippen LogP contribution is 2.26. The van der Waals surface area contributed by atoms with Crippen LogP contribution in [0.25, 0.3) is 0 Å². The van der Waals surface area contributed by atoms with Crippen LogP contribution in [0.3, 0.4) is 0 Å². The molecule has 2 rings (SSSR count). The summed E-state index contributed by atoms with van der Waals surface area (Å²) in [5, 5.41) is 0. The SMILES string of the molecule is COc1ccc(C=O)c(OC(=O)Oc2cc(OC)ccc2C=O)c1. The van der Waals surface area contributed by atoms with Gasteiger partial charge in [0.2, 0.25) is 0 Å². The first-order chi connectivity index (χ1) is 11.6. The molecule has 2 aromatic carbocycles. The van der Waals surface area contributed by atoms with Gasteiger partial charge in [-0.3, -0.25) is 9.59 Å². The molecular weight excluding hydrogens is 316 g/mol. The summed E-state index contributed by atoms with van der Waals surface area (Å²) in [6.45, 7) is 0. The molecule has 0 heterocycles. The average Bonchev–Trinajstić information content (AvgIpc) is 2.61. The Morgan fingerprint density at radius 3 is 1.54 bits per heavy atom. The largest absolute Gasteiger partial charge is 0.519 e. The zero-order chi connectivity index (χ0) is 17.5. The standard InChI is InChI=1S/C17H14O7/c1-21-13-5-3-11(9-18)15(7-13)23-17(20)24-16-8-14(22-2)6-4-12(16)10-19/h3-10H,1-2H3. The third-order valence-electron chi connectivity index (χ3n) is 3.08. The highest BCUT2D eigenvalue weighted by atomic mass is 16.7. The summed E-state index contributed by atoms with van der Waals surface area (Å²) in [7, 11) is 2.87. The Hall–Kier alpha value is -3.35. The van der Waals surface area contributed by atoms with E-state index in [1.54, 1.807) is 12.1 Å². The van der Waals surface area contributed by atoms with E-state index in [0.717, 1.165) is 0 Å². The Balaban J connectivity index is 2.22. The summed E-state index contributed by atoms with van der Waals surface area (Å²) in [6, 6.07) is 8.73. The minimum Gasteiger partial charge on any atom is -0.497 e. The Labute approximate surface area is 137 Å². The van der Waals surface area contributed by atoms with Crippen molar-refractivity contribution >= 4 is 18.7 Å². The van der Waals surface area contributed by atoms with Crippen molar-refractivity contribution < 1.29 is 33.3 Å². The molecule has 7 nitrogen and oxygen atoms in total. The molecule has 0 fully saturated rings. The van der Waals surface area contributed by atoms with E-state index in [4.69, 9.17) is 18.9 Å². The first-order valence-corrected chi connectivity index (χ1v) is 6.77. The van der Waals surface area contributed by atoms with Crippen LogP contribution in [-0.4, -0.2) is 32.9 Å². The van der Waals surface area contributed by atoms with Crippen molar-refractivity contribution in [2.24, 2.45) is 0 Å². The summed E-state index contributed by atoms with van der Waals surface area (Å²) in [6.07, 6.45) is -0.0442. The van der Waals surface area contributed by atoms with Crippen molar-refractivity contribution in [3.63, 3.8) is 0 Å². The molecule has 0 saturated carbocycles. The van der Waals surface area contributed by atoms with Gasteiger partial charge >= 0.3 is 6.16 Å². The Morgan fingerprint density at radius 1 is 0.792 bits per heavy atom. The van der Waals surface area contributed by atoms with Crippen LogP contribution in [0.15, 0.2) is 36.4 Å². The summed E-state index contributed by atoms with van der Waals surface area (Å²) in [5.41, 5.74) is 0.294. The van der Waals surface area contributed by atoms with Crippen molar-refractivity contribution in [2.75, 3.05) is 14.2 Å². The van der Waals surface area contributed by atoms with Gasteiger partial charge in [-0.25, -0.2) is 4.79 Å². The fraction of sp³-hybridized carbons (Fsp3) is 0.118. The molecule has 0 aliphatic heterocycles. The number of carbonyl (C=O) groups is 3. The van der Waals surface area contributed by atoms with Crippen LogP contribution in [-0.2, 0) is 0 Å². The van der Waals surface area contributed by atoms with Gasteiger partial charge in [-0.05, 0) is 24.3 Å². The highest BCUT2D eigenvalue weighted by molar-refractivity contribution is 5.84. The molecule has 0 aliphatic carbocycles. The van der Waals surface area contributed by atoms with Crippen LogP contribution in [0, 0.1) is 0 Å². The Morgan fingerprint density at radius 2 is 1.21 bits per heavy atom. The maximum atomic E-state index is 12.0. The maximum absolute atomic E-state index is 12.0. The van der Waals surface area contributed by atoms with Crippen LogP contribution in [0.2, 0.25) is 0 Å². The van der Waals surface area contributed by atoms with E-state index in [2.05, 4.69) is 0 Å². The van der Waals surface area contributed by atoms with Gasteiger partial charge in [-0.15, -0.1) is 0 Å². The number of methoxy groups -OCH3 is 2. The van der Waals surface area contributed by atoms with Crippen molar-refractivity contribution in [1.29, 1.82) is 0 Å². The summed E-state index contributed by atoms with van der Waals surface area (Å²) >= 11 is 0. The Bertz CT molecular complexity index is 704. The van der Waals surface area contributed by atoms with E-state index >= 15 is 0 Å². The minimum absolute atomic E-state index is 0.0232. The average molecular weight is 330 g/mol. The van der Waals surface area contributed by atoms with Crippen LogP contribution in [0.4, 0.5) is 4.79 Å². The molecule has 0 unspecified atom stereocenters. The summed E-state index contributed by atoms with van der Waals surface area (Å²) in [4.78, 5) is 34.0. The van der Waals surface area contributed by atoms with Gasteiger partial charge in [0, 0.05) is 12.1 Å². The second-order valence-corrected chi connectivity index (χ2v) is 4.50. The molecule has 0 saturated heterocycles. The molecule has 0 N–H and O–H groups in total. The van der Waals surface area contributed by atoms with E-state index in [-0.39, 0.29) is 22.6 Å². The normalized spacial score (nSPS) is 9.75. The van der Waals surface area contributed by atoms with Gasteiger partial charge < -0.3 is 18.9 Å². The van der Waals surface area contributed by atoms with Crippen molar-refractivity contribution in [1.82, 2.24) is 0 Å². The monoisotopic (exact) mass is 330 g/mol. The molecule has 0 aliphatic rings. The molecular formula is C17H14O7. The second-order valence-electron chi connectivity index (χ2n) is 4.50. The molecule has 0 radical (unpaired) electrons. The van der Waals surface area contributed by atoms with E-state index < -0.39 is 6.16 Å². The number of hydrogen-bond acceptors (Lipinski definition) is 7. The van der Waals surface area contributed by atoms with Crippen molar-refractivity contribution in [3.05, 3.63) is 47.5 Å². The van der Waals surface area contributed by atoms with Gasteiger partial charge in [0.1, 0.15) is 23.0 Å². The van der Waals surface area contributed by atoms with E-state index in [9.17, 15) is 14.4 Å². The molecule has 2 aromatic rings. The maximum Gasteiger partial charge on any atom is 0.519 e. The number of benzene rings is 2. The van der Waals surface area contributed by atoms with Crippen LogP contribution in [0.5, 0.6) is 23.0 Å². The van der Waals surface area contributed by atoms with E-state index in [1.807, 2.05) is 0 Å². The molecule has 0 atom stereocenters. The molecule has 7 heteroatoms. The number of ether oxygens (including phenoxy) is 4. The number of rotatable bonds is 6. The molecule has 124 valence electrons. The fourth-order valence-corrected chi connectivity index (χ4v) is 1.86. The van der Waals surface area contributed by atoms with Crippen molar-refractivity contribution in [3.8, 4) is 23.0 Å². The third kappa shape index (κ3) is 3.89. The van der Waals surface area contributed by atoms with Crippen LogP contribution in [0.1, 0.15) is 20.7 Å². The van der Waals surface area contributed by atoms with Gasteiger partial charge in [0.05, 0.1) is 25.3 Å². The predicted octanol–water partition coefficient (Wildman–Crippen LogP) is 2.91. The smallest absolute Gasteiger partial charge is 0.497 e. The molecule has 24 heavy (non-hydrogen) atoms. The van der Waals surface area contributed by atoms with Gasteiger partial charge in [0.25, 0.3) is 0 Å². The molecule has 0 amide bonds. The quantitative estimate of drug-likeness (QED) is 0.457. The number of hydrogen-bond donors (Lipinski definition) is 0. The summed E-state index contributed by atoms with van der Waals surface area (Å²) in [5.74, 6) is 0.756. The van der Waals surface area contributed by atoms with Crippen molar-refractivity contribution in [2.45, 2.75) is 0 Å². The highest BCUT2D eigenvalue weighted by Gasteiger charge is 2.15. The lowest BCUT2D eigenvalue weighted by Gasteiger charge is -2.10. The number of aldehydes is 2. The molecule has 0 spiro atoms. The van der Waals surface area contributed by atoms with Gasteiger partial charge in [0.15, 0.2) is 12.6 Å². The first-order valence-electron chi connectivity index (χ1n) is 6.77. The first kappa shape index (κ1) is 17.0. The number of carbonyl (C=O) groups excluding carboxylic acids is 3. The van der Waals surface area contributed by atoms with Crippen LogP contribution < -0.4 is 18.9 Å². The second kappa shape index (κ2) is 7.77. The zero-order valence-corrected chi connectivity index (χ0v) is 13.0. The van der Waals surface area contributed by atoms with Crippen LogP contribution >= 0.6 is 0 Å². The molecule has 0 bridgehead atoms. The third-order valence-corrected chi connectivity index (χ3v) is 3.08. The lowest BCUT2D eigenvalue weighted by atomic mass is 10.2. The lowest BCUT2D eigenvalue weighted by Crippen LogP contribution is -2.15. The van der Waals surface area contributed by atoms with E-state index in [0.29, 0.717) is 24.1 Å². The Kier molecular flexibility index (Phi) is 5.51.